The van der Waals surface area contributed by atoms with Crippen LogP contribution in [0.2, 0.25) is 0 Å². The Kier molecular flexibility index (Phi) is 7.25. The Labute approximate surface area is 160 Å². The fourth-order valence-electron chi connectivity index (χ4n) is 3.48. The topological polar surface area (TPSA) is 54.5 Å². The second kappa shape index (κ2) is 10.1. The Bertz CT molecular complexity index is 682. The maximum absolute atomic E-state index is 13.6. The van der Waals surface area contributed by atoms with Crippen LogP contribution in [0.1, 0.15) is 38.5 Å². The van der Waals surface area contributed by atoms with Gasteiger partial charge in [0.15, 0.2) is 11.6 Å². The van der Waals surface area contributed by atoms with Crippen LogP contribution in [0.25, 0.3) is 0 Å². The molecule has 3 rings (SSSR count). The molecule has 2 aliphatic rings. The van der Waals surface area contributed by atoms with Crippen molar-refractivity contribution in [2.45, 2.75) is 38.5 Å². The minimum absolute atomic E-state index is 0.218. The number of halogens is 1. The van der Waals surface area contributed by atoms with Crippen LogP contribution in [-0.4, -0.2) is 42.2 Å². The van der Waals surface area contributed by atoms with Crippen LogP contribution < -0.4 is 5.32 Å². The van der Waals surface area contributed by atoms with Gasteiger partial charge in [0.1, 0.15) is 0 Å². The van der Waals surface area contributed by atoms with Gasteiger partial charge >= 0.3 is 6.09 Å². The van der Waals surface area contributed by atoms with Crippen LogP contribution in [0.15, 0.2) is 42.1 Å². The second-order valence-electron chi connectivity index (χ2n) is 7.12. The van der Waals surface area contributed by atoms with Crippen LogP contribution in [0.3, 0.4) is 0 Å². The minimum atomic E-state index is -0.335. The molecule has 6 heteroatoms. The largest absolute Gasteiger partial charge is 0.449 e. The van der Waals surface area contributed by atoms with E-state index in [-0.39, 0.29) is 11.9 Å². The number of carbonyl (C=O) groups is 1. The summed E-state index contributed by atoms with van der Waals surface area (Å²) in [5.74, 6) is 0.361. The van der Waals surface area contributed by atoms with Gasteiger partial charge in [-0.1, -0.05) is 23.8 Å². The summed E-state index contributed by atoms with van der Waals surface area (Å²) < 4.78 is 19.0. The molecule has 0 bridgehead atoms. The standard InChI is InChI=1S/C21H28FN3O2/c22-19-8-5-12-23-20(19)24-16-18-9-13-25(14-10-18)21(26)27-15-11-17-6-3-1-2-4-7-17/h1-2,5-6,8,12,18H,3-4,7,9-11,13-16H2,(H,23,24). The molecule has 1 amide bonds. The molecule has 1 fully saturated rings. The van der Waals surface area contributed by atoms with Gasteiger partial charge in [-0.05, 0) is 50.2 Å². The fraction of sp³-hybridized carbons (Fsp3) is 0.524. The van der Waals surface area contributed by atoms with Crippen molar-refractivity contribution >= 4 is 11.9 Å². The molecule has 1 saturated heterocycles. The van der Waals surface area contributed by atoms with E-state index in [9.17, 15) is 9.18 Å². The van der Waals surface area contributed by atoms with E-state index >= 15 is 0 Å². The third-order valence-corrected chi connectivity index (χ3v) is 5.18. The number of hydrogen-bond donors (Lipinski definition) is 1. The SMILES string of the molecule is O=C(OCCC1=CCC=CCC1)N1CCC(CNc2ncccc2F)CC1. The molecule has 1 aromatic heterocycles. The summed E-state index contributed by atoms with van der Waals surface area (Å²) in [5.41, 5.74) is 1.37. The van der Waals surface area contributed by atoms with Crippen molar-refractivity contribution in [3.8, 4) is 0 Å². The van der Waals surface area contributed by atoms with Crippen LogP contribution in [0, 0.1) is 11.7 Å². The quantitative estimate of drug-likeness (QED) is 0.744. The van der Waals surface area contributed by atoms with Gasteiger partial charge in [0.2, 0.25) is 0 Å². The van der Waals surface area contributed by atoms with Crippen molar-refractivity contribution in [3.05, 3.63) is 47.9 Å². The van der Waals surface area contributed by atoms with Crippen LogP contribution >= 0.6 is 0 Å². The second-order valence-corrected chi connectivity index (χ2v) is 7.12. The number of hydrogen-bond acceptors (Lipinski definition) is 4. The monoisotopic (exact) mass is 373 g/mol. The summed E-state index contributed by atoms with van der Waals surface area (Å²) in [5, 5.41) is 3.07. The van der Waals surface area contributed by atoms with E-state index in [2.05, 4.69) is 28.5 Å². The molecule has 0 aromatic carbocycles. The van der Waals surface area contributed by atoms with Crippen LogP contribution in [-0.2, 0) is 4.74 Å². The average Bonchev–Trinajstić information content (AvgIpc) is 2.96. The smallest absolute Gasteiger partial charge is 0.409 e. The molecule has 1 aromatic rings. The van der Waals surface area contributed by atoms with E-state index in [1.54, 1.807) is 17.2 Å². The van der Waals surface area contributed by atoms with E-state index in [1.807, 2.05) is 0 Å². The van der Waals surface area contributed by atoms with Gasteiger partial charge < -0.3 is 15.0 Å². The zero-order chi connectivity index (χ0) is 18.9. The van der Waals surface area contributed by atoms with Gasteiger partial charge in [-0.25, -0.2) is 14.2 Å². The highest BCUT2D eigenvalue weighted by Crippen LogP contribution is 2.20. The Morgan fingerprint density at radius 3 is 3.00 bits per heavy atom. The maximum Gasteiger partial charge on any atom is 0.409 e. The van der Waals surface area contributed by atoms with Crippen molar-refractivity contribution in [1.29, 1.82) is 0 Å². The molecule has 2 heterocycles. The number of pyridine rings is 1. The molecule has 0 atom stereocenters. The lowest BCUT2D eigenvalue weighted by Crippen LogP contribution is -2.40. The molecule has 0 unspecified atom stereocenters. The molecule has 1 aliphatic heterocycles. The number of anilines is 1. The number of carbonyl (C=O) groups excluding carboxylic acids is 1. The molecule has 0 spiro atoms. The van der Waals surface area contributed by atoms with Gasteiger partial charge in [0.25, 0.3) is 0 Å². The van der Waals surface area contributed by atoms with Crippen molar-refractivity contribution in [1.82, 2.24) is 9.88 Å². The molecule has 27 heavy (non-hydrogen) atoms. The summed E-state index contributed by atoms with van der Waals surface area (Å²) in [6.07, 6.45) is 13.7. The number of nitrogens with zero attached hydrogens (tertiary/aromatic N) is 2. The summed E-state index contributed by atoms with van der Waals surface area (Å²) in [6.45, 7) is 2.48. The number of likely N-dealkylation sites (tertiary alicyclic amines) is 1. The van der Waals surface area contributed by atoms with Gasteiger partial charge in [-0.3, -0.25) is 0 Å². The van der Waals surface area contributed by atoms with E-state index in [0.717, 1.165) is 38.5 Å². The zero-order valence-corrected chi connectivity index (χ0v) is 15.7. The van der Waals surface area contributed by atoms with Gasteiger partial charge in [0.05, 0.1) is 6.61 Å². The highest BCUT2D eigenvalue weighted by Gasteiger charge is 2.24. The first-order valence-electron chi connectivity index (χ1n) is 9.81. The van der Waals surface area contributed by atoms with Crippen molar-refractivity contribution in [3.63, 3.8) is 0 Å². The van der Waals surface area contributed by atoms with E-state index in [0.29, 0.717) is 38.0 Å². The molecular weight excluding hydrogens is 345 g/mol. The molecular formula is C21H28FN3O2. The van der Waals surface area contributed by atoms with Gasteiger partial charge in [-0.2, -0.15) is 0 Å². The number of ether oxygens (including phenoxy) is 1. The number of nitrogens with one attached hydrogen (secondary N) is 1. The first-order valence-corrected chi connectivity index (χ1v) is 9.81. The number of amides is 1. The first-order chi connectivity index (χ1) is 13.2. The number of aromatic nitrogens is 1. The minimum Gasteiger partial charge on any atom is -0.449 e. The molecule has 146 valence electrons. The molecule has 0 saturated carbocycles. The lowest BCUT2D eigenvalue weighted by atomic mass is 9.97. The van der Waals surface area contributed by atoms with Crippen LogP contribution in [0.5, 0.6) is 0 Å². The summed E-state index contributed by atoms with van der Waals surface area (Å²) in [6, 6.07) is 2.98. The Morgan fingerprint density at radius 2 is 2.19 bits per heavy atom. The van der Waals surface area contributed by atoms with E-state index < -0.39 is 0 Å². The number of piperidine rings is 1. The predicted octanol–water partition coefficient (Wildman–Crippen LogP) is 4.54. The van der Waals surface area contributed by atoms with Crippen molar-refractivity contribution < 1.29 is 13.9 Å². The highest BCUT2D eigenvalue weighted by atomic mass is 19.1. The number of allylic oxidation sites excluding steroid dienone is 3. The third-order valence-electron chi connectivity index (χ3n) is 5.18. The molecule has 5 nitrogen and oxygen atoms in total. The Hall–Kier alpha value is -2.37. The normalized spacial score (nSPS) is 18.0. The third kappa shape index (κ3) is 6.08. The Balaban J connectivity index is 1.33. The van der Waals surface area contributed by atoms with Crippen LogP contribution in [0.4, 0.5) is 15.0 Å². The molecule has 1 aliphatic carbocycles. The number of rotatable bonds is 6. The summed E-state index contributed by atoms with van der Waals surface area (Å²) in [4.78, 5) is 18.0. The van der Waals surface area contributed by atoms with Gasteiger partial charge in [0, 0.05) is 32.3 Å². The fourth-order valence-corrected chi connectivity index (χ4v) is 3.48. The Morgan fingerprint density at radius 1 is 1.33 bits per heavy atom. The highest BCUT2D eigenvalue weighted by molar-refractivity contribution is 5.67. The van der Waals surface area contributed by atoms with Gasteiger partial charge in [-0.15, -0.1) is 0 Å². The van der Waals surface area contributed by atoms with Crippen molar-refractivity contribution in [2.75, 3.05) is 31.6 Å². The van der Waals surface area contributed by atoms with Crippen molar-refractivity contribution in [2.24, 2.45) is 5.92 Å². The maximum atomic E-state index is 13.6. The first kappa shape index (κ1) is 19.4. The summed E-state index contributed by atoms with van der Waals surface area (Å²) in [7, 11) is 0. The molecule has 1 N–H and O–H groups in total. The predicted molar refractivity (Wildman–Crippen MR) is 104 cm³/mol. The zero-order valence-electron chi connectivity index (χ0n) is 15.7. The van der Waals surface area contributed by atoms with E-state index in [4.69, 9.17) is 4.74 Å². The molecule has 0 radical (unpaired) electrons. The lowest BCUT2D eigenvalue weighted by Gasteiger charge is -2.31. The van der Waals surface area contributed by atoms with E-state index in [1.165, 1.54) is 11.6 Å². The average molecular weight is 373 g/mol. The summed E-state index contributed by atoms with van der Waals surface area (Å²) >= 11 is 0. The lowest BCUT2D eigenvalue weighted by molar-refractivity contribution is 0.0894.